The molecule has 0 unspecified atom stereocenters. The number of aliphatic carboxylic acids is 1. The molecule has 10 nitrogen and oxygen atoms in total. The number of aliphatic hydroxyl groups excluding tert-OH is 4. The van der Waals surface area contributed by atoms with E-state index in [4.69, 9.17) is 35.1 Å². The average molecular weight is 1690 g/mol. The zero-order chi connectivity index (χ0) is 32.1. The van der Waals surface area contributed by atoms with Gasteiger partial charge in [0.2, 0.25) is 0 Å². The number of aromatic hydroxyl groups is 1. The van der Waals surface area contributed by atoms with Gasteiger partial charge in [0.05, 0.1) is 44.0 Å². The predicted molar refractivity (Wildman–Crippen MR) is 170 cm³/mol. The zero-order valence-corrected chi connectivity index (χ0v) is 52.3. The Hall–Kier alpha value is -9.13. The molecule has 1 heterocycles. The number of carboxylic acid groups (broad SMARTS) is 1. The Morgan fingerprint density at radius 3 is 1.55 bits per heavy atom. The van der Waals surface area contributed by atoms with Crippen LogP contribution in [0.3, 0.4) is 0 Å². The molecule has 5 rings (SSSR count). The minimum absolute atomic E-state index is 0. The molecule has 5 aromatic rings. The van der Waals surface area contributed by atoms with Gasteiger partial charge >= 0.3 is 11.6 Å². The Kier molecular flexibility index (Phi) is 18.7. The maximum Gasteiger partial charge on any atom is 0.344 e. The monoisotopic (exact) mass is 1700 g/mol. The number of hydrogen-bond acceptors (Lipinski definition) is 9. The largest absolute Gasteiger partial charge is 0.507 e. The van der Waals surface area contributed by atoms with Gasteiger partial charge in [-0.3, -0.25) is 9.59 Å². The van der Waals surface area contributed by atoms with Gasteiger partial charge in [0.1, 0.15) is 11.3 Å². The smallest absolute Gasteiger partial charge is 0.344 e. The molecule has 0 aliphatic rings. The first-order valence-corrected chi connectivity index (χ1v) is 13.4. The first-order chi connectivity index (χ1) is 21.2. The number of phenolic OH excluding ortho intramolecular Hbond substituents is 1. The van der Waals surface area contributed by atoms with Crippen molar-refractivity contribution in [3.05, 3.63) is 135 Å². The Balaban J connectivity index is -0.000000660. The summed E-state index contributed by atoms with van der Waals surface area (Å²) in [5.74, 6) is -0.932. The number of hydrogen-bond donors (Lipinski definition) is 6. The van der Waals surface area contributed by atoms with Gasteiger partial charge in [0.25, 0.3) is 0 Å². The fraction of sp³-hybridized carbons (Fsp3) is 0.171. The van der Waals surface area contributed by atoms with Crippen LogP contribution in [0.25, 0.3) is 22.1 Å². The summed E-state index contributed by atoms with van der Waals surface area (Å²) in [5.41, 5.74) is 5.12. The van der Waals surface area contributed by atoms with Crippen molar-refractivity contribution in [1.29, 1.82) is 0 Å². The zero-order valence-electron chi connectivity index (χ0n) is 26.4. The summed E-state index contributed by atoms with van der Waals surface area (Å²) in [6.07, 6.45) is 0.599. The van der Waals surface area contributed by atoms with Crippen molar-refractivity contribution in [3.63, 3.8) is 0 Å². The number of benzene rings is 4. The number of aldehydes is 1. The summed E-state index contributed by atoms with van der Waals surface area (Å²) in [5, 5.41) is 53.8. The van der Waals surface area contributed by atoms with E-state index in [-0.39, 0.29) is 51.6 Å². The normalized spacial score (nSPS) is 9.22. The first-order valence-electron chi connectivity index (χ1n) is 13.4. The Morgan fingerprint density at radius 1 is 0.633 bits per heavy atom. The van der Waals surface area contributed by atoms with E-state index in [0.29, 0.717) is 28.6 Å². The van der Waals surface area contributed by atoms with Crippen LogP contribution in [-0.4, -0.2) is 42.9 Å². The third kappa shape index (κ3) is 11.8. The topological polar surface area (TPSA) is 186 Å². The van der Waals surface area contributed by atoms with Crippen molar-refractivity contribution in [2.24, 2.45) is 0 Å². The molecule has 0 bridgehead atoms. The van der Waals surface area contributed by atoms with E-state index in [1.807, 2.05) is 6.07 Å². The summed E-state index contributed by atoms with van der Waals surface area (Å²) < 4.78 is 5.33. The molecule has 0 aliphatic heterocycles. The van der Waals surface area contributed by atoms with Crippen LogP contribution < -0.4 is 5.63 Å². The van der Waals surface area contributed by atoms with Crippen LogP contribution >= 0.6 is 0 Å². The van der Waals surface area contributed by atoms with Crippen molar-refractivity contribution < 1.29 is 44.6 Å². The fourth-order valence-electron chi connectivity index (χ4n) is 3.97. The molecule has 0 fully saturated rings. The molecule has 0 radical (unpaired) electrons. The van der Waals surface area contributed by atoms with E-state index in [2.05, 4.69) is 0 Å². The van der Waals surface area contributed by atoms with Crippen molar-refractivity contribution in [2.75, 3.05) is 0 Å². The number of rotatable bonds is 8. The number of aliphatic hydroxyl groups is 4. The molecule has 0 atom stereocenters. The third-order valence-electron chi connectivity index (χ3n) is 6.40. The second-order valence-corrected chi connectivity index (χ2v) is 9.55. The van der Waals surface area contributed by atoms with Gasteiger partial charge in [-0.2, -0.15) is 0 Å². The van der Waals surface area contributed by atoms with Gasteiger partial charge in [0, 0.05) is 5.39 Å². The minimum Gasteiger partial charge on any atom is -0.507 e. The summed E-state index contributed by atoms with van der Waals surface area (Å²) in [7, 11) is 0. The van der Waals surface area contributed by atoms with E-state index >= 15 is 0 Å². The van der Waals surface area contributed by atoms with E-state index < -0.39 is 11.6 Å². The van der Waals surface area contributed by atoms with Gasteiger partial charge in [-0.25, -0.2) is 4.79 Å². The number of phenols is 1. The van der Waals surface area contributed by atoms with E-state index in [1.54, 1.807) is 72.8 Å². The summed E-state index contributed by atoms with van der Waals surface area (Å²) in [4.78, 5) is 32.6. The van der Waals surface area contributed by atoms with Crippen LogP contribution in [0.5, 0.6) is 5.75 Å². The maximum absolute atomic E-state index is 12.1. The average Bonchev–Trinajstić information content (AvgIpc) is 3.05. The van der Waals surface area contributed by atoms with Gasteiger partial charge in [-0.1, -0.05) is 74.2 Å². The predicted octanol–water partition coefficient (Wildman–Crippen LogP) is 4.58. The molecule has 6 N–H and O–H groups in total. The van der Waals surface area contributed by atoms with E-state index in [1.165, 1.54) is 12.1 Å². The standard InChI is InChI=1S/C17H14O4.C9H10O3.C8H8O3.CH4.4Sg/c18-9-11-1-4-13(5-2-11)15-8-14-6-3-12(10-19)7-16(14)21-17(15)20;10-6-8-3-1-7(2-4-8)5-9(11)12;9-4-6-1-2-7(5-10)8(11)3-6;;;;;/h1-8,18-19H,9-10H2;1-4,10H,5-6H2,(H,11,12);1-3,5,9,11H,4H2;1H4;;;;. The Bertz CT molecular complexity index is 1760. The van der Waals surface area contributed by atoms with Crippen molar-refractivity contribution in [2.45, 2.75) is 40.3 Å². The quantitative estimate of drug-likeness (QED) is 0.0950. The second-order valence-electron chi connectivity index (χ2n) is 9.55. The minimum atomic E-state index is -0.841. The molecule has 0 spiro atoms. The molecule has 4 aromatic carbocycles. The van der Waals surface area contributed by atoms with Crippen molar-refractivity contribution in [1.82, 2.24) is 0 Å². The number of carbonyl (C=O) groups is 2. The molecule has 0 saturated heterocycles. The van der Waals surface area contributed by atoms with Gasteiger partial charge < -0.3 is 35.1 Å². The van der Waals surface area contributed by atoms with Gasteiger partial charge in [-0.05, 0) is 57.6 Å². The molecule has 0 amide bonds. The number of carbonyl (C=O) groups excluding carboxylic acids is 1. The van der Waals surface area contributed by atoms with Crippen molar-refractivity contribution >= 4 is 23.2 Å². The first kappa shape index (κ1) is 44.3. The number of carboxylic acids is 1. The van der Waals surface area contributed by atoms with Gasteiger partial charge in [-0.15, -0.1) is 0 Å². The van der Waals surface area contributed by atoms with Crippen molar-refractivity contribution in [3.8, 4) is 16.9 Å². The molecule has 0 aliphatic carbocycles. The number of fused-ring (bicyclic) bond motifs is 1. The maximum atomic E-state index is 12.1. The van der Waals surface area contributed by atoms with Gasteiger partial charge in [0.15, 0.2) is 6.29 Å². The molecule has 49 heavy (non-hydrogen) atoms. The SMILES string of the molecule is C.O=C(O)Cc1ccc(CO)cc1.O=Cc1ccc(CO)cc1O.O=c1oc2cc(CO)ccc2cc1-c1ccc(CO)cc1.[Sg].[Sg].[Sg].[Sg]. The third-order valence-corrected chi connectivity index (χ3v) is 6.40. The molecule has 244 valence electrons. The van der Waals surface area contributed by atoms with E-state index in [9.17, 15) is 14.4 Å². The van der Waals surface area contributed by atoms with Crippen LogP contribution in [0, 0.1) is 0 Å². The Morgan fingerprint density at radius 2 is 1.08 bits per heavy atom. The summed E-state index contributed by atoms with van der Waals surface area (Å²) in [6.45, 7) is -0.263. The van der Waals surface area contributed by atoms with Crippen LogP contribution in [0.15, 0.2) is 100 Å². The van der Waals surface area contributed by atoms with Crippen LogP contribution in [-0.2, 0) is 37.6 Å². The van der Waals surface area contributed by atoms with E-state index in [0.717, 1.165) is 27.6 Å². The summed E-state index contributed by atoms with van der Waals surface area (Å²) >= 11 is 0. The molecule has 14 heteroatoms. The summed E-state index contributed by atoms with van der Waals surface area (Å²) in [6, 6.07) is 25.4. The van der Waals surface area contributed by atoms with Crippen LogP contribution in [0.1, 0.15) is 45.6 Å². The van der Waals surface area contributed by atoms with Crippen LogP contribution in [0.4, 0.5) is 0 Å². The molecular weight excluding hydrogens is 1660 g/mol. The van der Waals surface area contributed by atoms with Crippen LogP contribution in [0.2, 0.25) is 0 Å². The second kappa shape index (κ2) is 20.7. The molecule has 1 aromatic heterocycles. The Labute approximate surface area is 259 Å². The molecular formula is C35H36O10Sg4. The molecule has 0 saturated carbocycles. The fourth-order valence-corrected chi connectivity index (χ4v) is 3.97.